The van der Waals surface area contributed by atoms with Gasteiger partial charge in [-0.3, -0.25) is 4.79 Å². The molecule has 2 atom stereocenters. The maximum Gasteiger partial charge on any atom is 0.239 e. The number of carbonyl (C=O) groups is 1. The Morgan fingerprint density at radius 3 is 2.88 bits per heavy atom. The highest BCUT2D eigenvalue weighted by molar-refractivity contribution is 5.85. The van der Waals surface area contributed by atoms with Gasteiger partial charge in [0.15, 0.2) is 0 Å². The molecule has 2 rings (SSSR count). The average molecular weight is 263 g/mol. The van der Waals surface area contributed by atoms with Crippen molar-refractivity contribution < 1.29 is 9.53 Å². The summed E-state index contributed by atoms with van der Waals surface area (Å²) in [5.74, 6) is 0.843. The molecule has 0 saturated carbocycles. The van der Waals surface area contributed by atoms with Gasteiger partial charge in [-0.1, -0.05) is 6.42 Å². The lowest BCUT2D eigenvalue weighted by Crippen LogP contribution is -2.47. The first-order chi connectivity index (χ1) is 7.81. The van der Waals surface area contributed by atoms with Gasteiger partial charge in [-0.05, 0) is 25.8 Å². The van der Waals surface area contributed by atoms with Crippen LogP contribution in [0.3, 0.4) is 0 Å². The highest BCUT2D eigenvalue weighted by Gasteiger charge is 2.31. The van der Waals surface area contributed by atoms with Crippen molar-refractivity contribution in [2.24, 2.45) is 5.92 Å². The molecule has 1 unspecified atom stereocenters. The summed E-state index contributed by atoms with van der Waals surface area (Å²) >= 11 is 0. The average Bonchev–Trinajstić information content (AvgIpc) is 2.78. The summed E-state index contributed by atoms with van der Waals surface area (Å²) < 4.78 is 5.15. The third-order valence-corrected chi connectivity index (χ3v) is 3.61. The molecule has 0 aromatic rings. The van der Waals surface area contributed by atoms with E-state index in [1.165, 1.54) is 12.8 Å². The standard InChI is InChI=1S/C12H22N2O2.ClH/c1-16-9-10-5-7-14(8-10)12(15)11-4-2-3-6-13-11;/h10-11,13H,2-9H2,1H3;1H/t10?,11-;/m0./s1. The minimum Gasteiger partial charge on any atom is -0.384 e. The van der Waals surface area contributed by atoms with Crippen LogP contribution in [0.2, 0.25) is 0 Å². The number of rotatable bonds is 3. The molecule has 4 nitrogen and oxygen atoms in total. The Labute approximate surface area is 109 Å². The van der Waals surface area contributed by atoms with Crippen LogP contribution in [0.15, 0.2) is 0 Å². The number of carbonyl (C=O) groups excluding carboxylic acids is 1. The molecule has 0 aliphatic carbocycles. The van der Waals surface area contributed by atoms with E-state index in [-0.39, 0.29) is 18.4 Å². The van der Waals surface area contributed by atoms with Gasteiger partial charge >= 0.3 is 0 Å². The van der Waals surface area contributed by atoms with Gasteiger partial charge in [0.2, 0.25) is 5.91 Å². The summed E-state index contributed by atoms with van der Waals surface area (Å²) in [6.45, 7) is 3.56. The Bertz CT molecular complexity index is 245. The second kappa shape index (κ2) is 7.19. The Hall–Kier alpha value is -0.320. The third kappa shape index (κ3) is 3.83. The fourth-order valence-electron chi connectivity index (χ4n) is 2.69. The van der Waals surface area contributed by atoms with Gasteiger partial charge in [-0.25, -0.2) is 0 Å². The molecule has 100 valence electrons. The van der Waals surface area contributed by atoms with Gasteiger partial charge < -0.3 is 15.0 Å². The minimum absolute atomic E-state index is 0. The molecule has 2 fully saturated rings. The van der Waals surface area contributed by atoms with E-state index in [1.807, 2.05) is 4.90 Å². The lowest BCUT2D eigenvalue weighted by atomic mass is 10.0. The largest absolute Gasteiger partial charge is 0.384 e. The van der Waals surface area contributed by atoms with Gasteiger partial charge in [-0.2, -0.15) is 0 Å². The van der Waals surface area contributed by atoms with E-state index in [0.717, 1.165) is 39.1 Å². The van der Waals surface area contributed by atoms with Gasteiger partial charge in [-0.15, -0.1) is 12.4 Å². The summed E-state index contributed by atoms with van der Waals surface area (Å²) in [5, 5.41) is 3.32. The van der Waals surface area contributed by atoms with Crippen LogP contribution >= 0.6 is 12.4 Å². The molecule has 2 aliphatic rings. The van der Waals surface area contributed by atoms with Crippen molar-refractivity contribution in [2.75, 3.05) is 33.4 Å². The Morgan fingerprint density at radius 2 is 2.24 bits per heavy atom. The summed E-state index contributed by atoms with van der Waals surface area (Å²) in [4.78, 5) is 14.2. The number of amides is 1. The van der Waals surface area contributed by atoms with Crippen LogP contribution in [0.4, 0.5) is 0 Å². The molecule has 1 N–H and O–H groups in total. The monoisotopic (exact) mass is 262 g/mol. The van der Waals surface area contributed by atoms with Crippen LogP contribution in [0, 0.1) is 5.92 Å². The van der Waals surface area contributed by atoms with Crippen molar-refractivity contribution in [2.45, 2.75) is 31.7 Å². The Morgan fingerprint density at radius 1 is 1.41 bits per heavy atom. The topological polar surface area (TPSA) is 41.6 Å². The molecule has 0 aromatic heterocycles. The zero-order valence-corrected chi connectivity index (χ0v) is 11.3. The zero-order valence-electron chi connectivity index (χ0n) is 10.5. The van der Waals surface area contributed by atoms with Crippen molar-refractivity contribution in [1.82, 2.24) is 10.2 Å². The number of hydrogen-bond donors (Lipinski definition) is 1. The highest BCUT2D eigenvalue weighted by Crippen LogP contribution is 2.19. The van der Waals surface area contributed by atoms with Crippen LogP contribution < -0.4 is 5.32 Å². The van der Waals surface area contributed by atoms with Crippen LogP contribution in [0.5, 0.6) is 0 Å². The van der Waals surface area contributed by atoms with Crippen LogP contribution in [0.1, 0.15) is 25.7 Å². The molecule has 0 bridgehead atoms. The van der Waals surface area contributed by atoms with E-state index in [1.54, 1.807) is 7.11 Å². The first kappa shape index (κ1) is 14.7. The van der Waals surface area contributed by atoms with Crippen molar-refractivity contribution >= 4 is 18.3 Å². The van der Waals surface area contributed by atoms with Crippen molar-refractivity contribution in [3.05, 3.63) is 0 Å². The second-order valence-corrected chi connectivity index (χ2v) is 4.90. The van der Waals surface area contributed by atoms with E-state index in [0.29, 0.717) is 11.8 Å². The lowest BCUT2D eigenvalue weighted by molar-refractivity contribution is -0.133. The van der Waals surface area contributed by atoms with Crippen molar-refractivity contribution in [1.29, 1.82) is 0 Å². The van der Waals surface area contributed by atoms with Crippen molar-refractivity contribution in [3.8, 4) is 0 Å². The molecule has 2 heterocycles. The number of methoxy groups -OCH3 is 1. The molecule has 5 heteroatoms. The zero-order chi connectivity index (χ0) is 11.4. The van der Waals surface area contributed by atoms with E-state index < -0.39 is 0 Å². The molecule has 0 spiro atoms. The Balaban J connectivity index is 0.00000144. The first-order valence-corrected chi connectivity index (χ1v) is 6.32. The predicted molar refractivity (Wildman–Crippen MR) is 69.5 cm³/mol. The molecule has 2 aliphatic heterocycles. The molecule has 0 radical (unpaired) electrons. The fourth-order valence-corrected chi connectivity index (χ4v) is 2.69. The second-order valence-electron chi connectivity index (χ2n) is 4.90. The highest BCUT2D eigenvalue weighted by atomic mass is 35.5. The molecule has 17 heavy (non-hydrogen) atoms. The number of likely N-dealkylation sites (tertiary alicyclic amines) is 1. The van der Waals surface area contributed by atoms with Gasteiger partial charge in [0, 0.05) is 26.1 Å². The van der Waals surface area contributed by atoms with Crippen LogP contribution in [-0.2, 0) is 9.53 Å². The van der Waals surface area contributed by atoms with E-state index >= 15 is 0 Å². The van der Waals surface area contributed by atoms with E-state index in [9.17, 15) is 4.79 Å². The molecular weight excluding hydrogens is 240 g/mol. The predicted octanol–water partition coefficient (Wildman–Crippen LogP) is 1.05. The number of nitrogens with one attached hydrogen (secondary N) is 1. The van der Waals surface area contributed by atoms with Crippen LogP contribution in [0.25, 0.3) is 0 Å². The molecule has 2 saturated heterocycles. The lowest BCUT2D eigenvalue weighted by Gasteiger charge is -2.27. The maximum absolute atomic E-state index is 12.2. The summed E-state index contributed by atoms with van der Waals surface area (Å²) in [6, 6.07) is 0.0787. The van der Waals surface area contributed by atoms with E-state index in [4.69, 9.17) is 4.74 Å². The summed E-state index contributed by atoms with van der Waals surface area (Å²) in [6.07, 6.45) is 4.48. The number of hydrogen-bond acceptors (Lipinski definition) is 3. The number of nitrogens with zero attached hydrogens (tertiary/aromatic N) is 1. The van der Waals surface area contributed by atoms with Gasteiger partial charge in [0.25, 0.3) is 0 Å². The number of halogens is 1. The smallest absolute Gasteiger partial charge is 0.239 e. The number of ether oxygens (including phenoxy) is 1. The molecule has 0 aromatic carbocycles. The van der Waals surface area contributed by atoms with Crippen molar-refractivity contribution in [3.63, 3.8) is 0 Å². The Kier molecular flexibility index (Phi) is 6.23. The SMILES string of the molecule is COCC1CCN(C(=O)[C@@H]2CCCCN2)C1.Cl. The minimum atomic E-state index is 0. The van der Waals surface area contributed by atoms with Gasteiger partial charge in [0.05, 0.1) is 12.6 Å². The van der Waals surface area contributed by atoms with Gasteiger partial charge in [0.1, 0.15) is 0 Å². The molecule has 1 amide bonds. The quantitative estimate of drug-likeness (QED) is 0.827. The first-order valence-electron chi connectivity index (χ1n) is 6.32. The third-order valence-electron chi connectivity index (χ3n) is 3.61. The number of piperidine rings is 1. The summed E-state index contributed by atoms with van der Waals surface area (Å²) in [7, 11) is 1.73. The fraction of sp³-hybridized carbons (Fsp3) is 0.917. The normalized spacial score (nSPS) is 28.9. The van der Waals surface area contributed by atoms with E-state index in [2.05, 4.69) is 5.32 Å². The van der Waals surface area contributed by atoms with Crippen LogP contribution in [-0.4, -0.2) is 50.2 Å². The molecular formula is C12H23ClN2O2. The maximum atomic E-state index is 12.2. The summed E-state index contributed by atoms with van der Waals surface area (Å²) in [5.41, 5.74) is 0.